The highest BCUT2D eigenvalue weighted by atomic mass is 16.8. The molecular weight excluding hydrogens is 468 g/mol. The van der Waals surface area contributed by atoms with Gasteiger partial charge in [-0.2, -0.15) is 0 Å². The topological polar surface area (TPSA) is 125 Å². The molecule has 5 aliphatic rings. The van der Waals surface area contributed by atoms with Gasteiger partial charge in [0.1, 0.15) is 11.7 Å². The van der Waals surface area contributed by atoms with Gasteiger partial charge in [-0.25, -0.2) is 4.79 Å². The molecule has 0 aromatic carbocycles. The lowest BCUT2D eigenvalue weighted by molar-refractivity contribution is -0.312. The number of carbonyl (C=O) groups is 4. The van der Waals surface area contributed by atoms with Crippen molar-refractivity contribution in [1.29, 1.82) is 0 Å². The van der Waals surface area contributed by atoms with Crippen molar-refractivity contribution >= 4 is 23.7 Å². The van der Waals surface area contributed by atoms with Crippen LogP contribution in [-0.2, 0) is 38.1 Å². The smallest absolute Gasteiger partial charge is 0.370 e. The highest BCUT2D eigenvalue weighted by Crippen LogP contribution is 2.74. The zero-order chi connectivity index (χ0) is 26.4. The van der Waals surface area contributed by atoms with Crippen molar-refractivity contribution in [2.45, 2.75) is 77.0 Å². The summed E-state index contributed by atoms with van der Waals surface area (Å²) in [7, 11) is 0. The largest absolute Gasteiger partial charge is 0.481 e. The van der Waals surface area contributed by atoms with Gasteiger partial charge in [-0.05, 0) is 57.4 Å². The number of hydrogen-bond donors (Lipinski definition) is 1. The lowest BCUT2D eigenvalue weighted by Gasteiger charge is -2.59. The number of cyclic esters (lactones) is 1. The molecule has 1 N–H and O–H groups in total. The van der Waals surface area contributed by atoms with Crippen molar-refractivity contribution < 1.29 is 43.2 Å². The van der Waals surface area contributed by atoms with Crippen LogP contribution in [0.15, 0.2) is 36.1 Å². The maximum Gasteiger partial charge on any atom is 0.370 e. The van der Waals surface area contributed by atoms with Crippen molar-refractivity contribution in [1.82, 2.24) is 0 Å². The van der Waals surface area contributed by atoms with E-state index in [4.69, 9.17) is 18.9 Å². The average Bonchev–Trinajstić information content (AvgIpc) is 3.34. The Labute approximate surface area is 209 Å². The number of allylic oxidation sites excluding steroid dienone is 2. The summed E-state index contributed by atoms with van der Waals surface area (Å²) in [5, 5.41) is 9.66. The summed E-state index contributed by atoms with van der Waals surface area (Å²) in [6.45, 7) is 12.2. The average molecular weight is 501 g/mol. The molecule has 9 heteroatoms. The summed E-state index contributed by atoms with van der Waals surface area (Å²) in [6.07, 6.45) is 6.65. The van der Waals surface area contributed by atoms with E-state index >= 15 is 0 Å². The minimum atomic E-state index is -2.54. The van der Waals surface area contributed by atoms with Crippen molar-refractivity contribution in [3.8, 4) is 0 Å². The van der Waals surface area contributed by atoms with E-state index in [9.17, 15) is 24.3 Å². The Hall–Kier alpha value is -2.78. The van der Waals surface area contributed by atoms with E-state index < -0.39 is 63.9 Å². The van der Waals surface area contributed by atoms with E-state index in [1.807, 2.05) is 45.9 Å². The predicted octanol–water partition coefficient (Wildman–Crippen LogP) is 3.09. The first-order valence-electron chi connectivity index (χ1n) is 12.4. The molecule has 9 atom stereocenters. The number of Topliss-reactive ketones (excluding diaryl/α,β-unsaturated/α-hetero) is 1. The van der Waals surface area contributed by atoms with Gasteiger partial charge in [-0.1, -0.05) is 31.7 Å². The van der Waals surface area contributed by atoms with Crippen LogP contribution in [0.1, 0.15) is 53.9 Å². The first-order valence-corrected chi connectivity index (χ1v) is 12.4. The zero-order valence-electron chi connectivity index (χ0n) is 21.2. The van der Waals surface area contributed by atoms with Crippen LogP contribution in [0, 0.1) is 29.1 Å². The first-order chi connectivity index (χ1) is 16.8. The van der Waals surface area contributed by atoms with E-state index in [-0.39, 0.29) is 17.8 Å². The summed E-state index contributed by atoms with van der Waals surface area (Å²) in [5.74, 6) is -7.37. The molecule has 2 bridgehead atoms. The molecule has 1 saturated carbocycles. The third kappa shape index (κ3) is 2.68. The number of hydrogen-bond acceptors (Lipinski definition) is 8. The highest BCUT2D eigenvalue weighted by molar-refractivity contribution is 6.21. The Bertz CT molecular complexity index is 1150. The van der Waals surface area contributed by atoms with Gasteiger partial charge in [0.2, 0.25) is 5.79 Å². The Morgan fingerprint density at radius 1 is 1.19 bits per heavy atom. The summed E-state index contributed by atoms with van der Waals surface area (Å²) in [6, 6.07) is 0. The molecule has 3 aliphatic heterocycles. The van der Waals surface area contributed by atoms with E-state index in [2.05, 4.69) is 6.58 Å². The van der Waals surface area contributed by atoms with Gasteiger partial charge in [-0.3, -0.25) is 14.4 Å². The number of carbonyl (C=O) groups excluding carboxylic acids is 3. The van der Waals surface area contributed by atoms with Crippen molar-refractivity contribution in [2.24, 2.45) is 29.1 Å². The van der Waals surface area contributed by atoms with Crippen LogP contribution in [0.2, 0.25) is 0 Å². The summed E-state index contributed by atoms with van der Waals surface area (Å²) >= 11 is 0. The van der Waals surface area contributed by atoms with Gasteiger partial charge in [0, 0.05) is 18.3 Å². The monoisotopic (exact) mass is 500 g/mol. The lowest BCUT2D eigenvalue weighted by atomic mass is 9.47. The number of rotatable bonds is 4. The number of aliphatic carboxylic acids is 1. The van der Waals surface area contributed by atoms with Crippen LogP contribution in [0.4, 0.5) is 0 Å². The molecule has 0 radical (unpaired) electrons. The second kappa shape index (κ2) is 7.61. The van der Waals surface area contributed by atoms with Crippen molar-refractivity contribution in [3.05, 3.63) is 36.1 Å². The molecular formula is C27H32O9. The van der Waals surface area contributed by atoms with Gasteiger partial charge in [0.15, 0.2) is 5.76 Å². The van der Waals surface area contributed by atoms with E-state index in [0.717, 1.165) is 12.5 Å². The molecule has 0 spiro atoms. The van der Waals surface area contributed by atoms with Crippen molar-refractivity contribution in [2.75, 3.05) is 0 Å². The summed E-state index contributed by atoms with van der Waals surface area (Å²) in [5.41, 5.74) is -3.75. The molecule has 0 aromatic rings. The molecule has 194 valence electrons. The fourth-order valence-electron chi connectivity index (χ4n) is 7.84. The third-order valence-electron chi connectivity index (χ3n) is 9.42. The van der Waals surface area contributed by atoms with Crippen LogP contribution in [-0.4, -0.2) is 51.9 Å². The Balaban J connectivity index is 1.77. The quantitative estimate of drug-likeness (QED) is 0.268. The van der Waals surface area contributed by atoms with Crippen LogP contribution in [0.3, 0.4) is 0 Å². The van der Waals surface area contributed by atoms with Crippen LogP contribution in [0.25, 0.3) is 0 Å². The van der Waals surface area contributed by atoms with Gasteiger partial charge >= 0.3 is 23.5 Å². The fourth-order valence-corrected chi connectivity index (χ4v) is 7.84. The molecule has 0 amide bonds. The van der Waals surface area contributed by atoms with Crippen LogP contribution >= 0.6 is 0 Å². The second-order valence-corrected chi connectivity index (χ2v) is 11.1. The lowest BCUT2D eigenvalue weighted by Crippen LogP contribution is -2.74. The number of ketones is 1. The molecule has 9 nitrogen and oxygen atoms in total. The number of carboxylic acids is 1. The molecule has 9 unspecified atom stereocenters. The first kappa shape index (κ1) is 24.9. The predicted molar refractivity (Wildman–Crippen MR) is 124 cm³/mol. The van der Waals surface area contributed by atoms with Gasteiger partial charge in [0.25, 0.3) is 5.78 Å². The van der Waals surface area contributed by atoms with E-state index in [0.29, 0.717) is 19.3 Å². The number of carboxylic acid groups (broad SMARTS) is 1. The van der Waals surface area contributed by atoms with E-state index in [1.165, 1.54) is 0 Å². The van der Waals surface area contributed by atoms with Crippen LogP contribution in [0.5, 0.6) is 0 Å². The molecule has 4 fully saturated rings. The minimum absolute atomic E-state index is 0.153. The van der Waals surface area contributed by atoms with Gasteiger partial charge in [0.05, 0.1) is 5.92 Å². The SMILES string of the molecule is C=C1OC(=O)C(OC(C)=O)(C23OC(/C(C)=C\C)C(C)(O2)C2C=CC4CC(C(=O)O)CCC4C23C)C1=O. The molecule has 3 saturated heterocycles. The summed E-state index contributed by atoms with van der Waals surface area (Å²) < 4.78 is 24.3. The molecule has 3 heterocycles. The third-order valence-corrected chi connectivity index (χ3v) is 9.42. The maximum absolute atomic E-state index is 13.7. The van der Waals surface area contributed by atoms with E-state index in [1.54, 1.807) is 0 Å². The molecule has 2 aliphatic carbocycles. The van der Waals surface area contributed by atoms with Crippen molar-refractivity contribution in [3.63, 3.8) is 0 Å². The fraction of sp³-hybridized carbons (Fsp3) is 0.630. The highest BCUT2D eigenvalue weighted by Gasteiger charge is 2.90. The Morgan fingerprint density at radius 2 is 1.89 bits per heavy atom. The molecule has 5 rings (SSSR count). The number of esters is 2. The molecule has 36 heavy (non-hydrogen) atoms. The number of ether oxygens (including phenoxy) is 4. The Kier molecular flexibility index (Phi) is 5.27. The number of fused-ring (bicyclic) bond motifs is 7. The normalized spacial score (nSPS) is 47.4. The minimum Gasteiger partial charge on any atom is -0.481 e. The van der Waals surface area contributed by atoms with Crippen LogP contribution < -0.4 is 0 Å². The zero-order valence-corrected chi connectivity index (χ0v) is 21.2. The summed E-state index contributed by atoms with van der Waals surface area (Å²) in [4.78, 5) is 51.5. The maximum atomic E-state index is 13.7. The standard InChI is InChI=1S/C27H32O9/c1-7-13(2)21-25(6)19-11-9-16-12-17(22(30)31)8-10-18(16)24(19,5)27(35-21,36-25)26(34-15(4)28)20(29)14(3)33-23(26)32/h7,9,11,16-19,21H,3,8,10,12H2,1-2,4-6H3,(H,30,31)/b13-7-. The second-order valence-electron chi connectivity index (χ2n) is 11.1. The Morgan fingerprint density at radius 3 is 2.44 bits per heavy atom. The molecule has 0 aromatic heterocycles. The van der Waals surface area contributed by atoms with Gasteiger partial charge in [-0.15, -0.1) is 0 Å². The van der Waals surface area contributed by atoms with Gasteiger partial charge < -0.3 is 24.1 Å².